The first-order valence-corrected chi connectivity index (χ1v) is 13.5. The summed E-state index contributed by atoms with van der Waals surface area (Å²) in [6, 6.07) is 1.80. The Morgan fingerprint density at radius 2 is 1.75 bits per heavy atom. The van der Waals surface area contributed by atoms with Crippen LogP contribution in [0.15, 0.2) is 29.8 Å². The highest BCUT2D eigenvalue weighted by Gasteiger charge is 2.43. The van der Waals surface area contributed by atoms with Crippen LogP contribution in [0, 0.1) is 31.4 Å². The average Bonchev–Trinajstić information content (AvgIpc) is 3.46. The van der Waals surface area contributed by atoms with Crippen LogP contribution in [-0.2, 0) is 17.5 Å². The molecule has 2 aromatic heterocycles. The number of aliphatic carboxylic acids is 1. The zero-order chi connectivity index (χ0) is 29.4. The van der Waals surface area contributed by atoms with Crippen molar-refractivity contribution in [1.29, 1.82) is 0 Å². The van der Waals surface area contributed by atoms with Crippen molar-refractivity contribution in [2.75, 3.05) is 6.54 Å². The van der Waals surface area contributed by atoms with Crippen LogP contribution in [0.3, 0.4) is 0 Å². The van der Waals surface area contributed by atoms with E-state index < -0.39 is 72.1 Å². The highest BCUT2D eigenvalue weighted by atomic mass is 32.1. The Hall–Kier alpha value is -3.32. The predicted octanol–water partition coefficient (Wildman–Crippen LogP) is 6.05. The molecule has 1 unspecified atom stereocenters. The van der Waals surface area contributed by atoms with Crippen LogP contribution in [0.25, 0.3) is 0 Å². The second-order valence-electron chi connectivity index (χ2n) is 10.1. The quantitative estimate of drug-likeness (QED) is 0.314. The van der Waals surface area contributed by atoms with E-state index in [1.807, 2.05) is 0 Å². The van der Waals surface area contributed by atoms with Crippen LogP contribution in [0.4, 0.5) is 22.0 Å². The fourth-order valence-electron chi connectivity index (χ4n) is 5.34. The molecule has 1 amide bonds. The lowest BCUT2D eigenvalue weighted by molar-refractivity contribution is -0.147. The third-order valence-corrected chi connectivity index (χ3v) is 8.26. The summed E-state index contributed by atoms with van der Waals surface area (Å²) in [6.45, 7) is 2.59. The van der Waals surface area contributed by atoms with Crippen LogP contribution in [-0.4, -0.2) is 43.3 Å². The summed E-state index contributed by atoms with van der Waals surface area (Å²) < 4.78 is 71.7. The normalized spacial score (nSPS) is 18.5. The van der Waals surface area contributed by atoms with Crippen LogP contribution in [0.2, 0.25) is 0 Å². The summed E-state index contributed by atoms with van der Waals surface area (Å²) in [5.74, 6) is -4.63. The van der Waals surface area contributed by atoms with Crippen molar-refractivity contribution in [3.8, 4) is 0 Å². The first-order chi connectivity index (χ1) is 18.8. The highest BCUT2D eigenvalue weighted by molar-refractivity contribution is 7.10. The van der Waals surface area contributed by atoms with Crippen LogP contribution < -0.4 is 0 Å². The van der Waals surface area contributed by atoms with Crippen molar-refractivity contribution in [2.24, 2.45) is 5.92 Å². The second kappa shape index (κ2) is 11.7. The maximum atomic E-state index is 14.4. The van der Waals surface area contributed by atoms with E-state index >= 15 is 0 Å². The molecule has 1 aliphatic carbocycles. The number of nitrogens with zero attached hydrogens (tertiary/aromatic N) is 3. The Balaban J connectivity index is 1.71. The third kappa shape index (κ3) is 6.35. The van der Waals surface area contributed by atoms with Crippen LogP contribution in [0.5, 0.6) is 0 Å². The summed E-state index contributed by atoms with van der Waals surface area (Å²) in [4.78, 5) is 26.7. The lowest BCUT2D eigenvalue weighted by atomic mass is 9.86. The number of alkyl halides is 3. The van der Waals surface area contributed by atoms with E-state index in [1.165, 1.54) is 11.3 Å². The number of aryl methyl sites for hydroxylation is 2. The fraction of sp³-hybridized carbons (Fsp3) is 0.444. The second-order valence-corrected chi connectivity index (χ2v) is 11.1. The van der Waals surface area contributed by atoms with Gasteiger partial charge in [0.1, 0.15) is 11.6 Å². The molecule has 216 valence electrons. The molecule has 1 atom stereocenters. The Morgan fingerprint density at radius 1 is 1.12 bits per heavy atom. The number of aliphatic hydroxyl groups is 1. The number of carbonyl (C=O) groups is 2. The van der Waals surface area contributed by atoms with Gasteiger partial charge >= 0.3 is 12.1 Å². The molecule has 0 aliphatic heterocycles. The minimum absolute atomic E-state index is 0.00949. The molecule has 0 spiro atoms. The molecule has 1 saturated carbocycles. The van der Waals surface area contributed by atoms with Gasteiger partial charge in [-0.25, -0.2) is 8.78 Å². The van der Waals surface area contributed by atoms with Crippen molar-refractivity contribution < 1.29 is 41.8 Å². The van der Waals surface area contributed by atoms with Crippen molar-refractivity contribution in [3.05, 3.63) is 74.2 Å². The number of hydrogen-bond acceptors (Lipinski definition) is 5. The molecule has 2 N–H and O–H groups in total. The smallest absolute Gasteiger partial charge is 0.433 e. The summed E-state index contributed by atoms with van der Waals surface area (Å²) in [6.07, 6.45) is -4.84. The fourth-order valence-corrected chi connectivity index (χ4v) is 6.24. The Morgan fingerprint density at radius 3 is 2.27 bits per heavy atom. The minimum atomic E-state index is -4.99. The number of benzene rings is 1. The summed E-state index contributed by atoms with van der Waals surface area (Å²) >= 11 is 1.36. The third-order valence-electron chi connectivity index (χ3n) is 7.21. The molecule has 0 bridgehead atoms. The molecule has 13 heteroatoms. The number of aromatic nitrogens is 2. The number of carboxylic acids is 1. The van der Waals surface area contributed by atoms with Gasteiger partial charge in [0.2, 0.25) is 0 Å². The number of rotatable bonds is 8. The van der Waals surface area contributed by atoms with Gasteiger partial charge in [0.25, 0.3) is 5.91 Å². The topological polar surface area (TPSA) is 95.7 Å². The number of aliphatic hydroxyl groups excluding tert-OH is 1. The van der Waals surface area contributed by atoms with Gasteiger partial charge in [-0.05, 0) is 73.7 Å². The maximum Gasteiger partial charge on any atom is 0.433 e. The van der Waals surface area contributed by atoms with Crippen molar-refractivity contribution >= 4 is 23.2 Å². The summed E-state index contributed by atoms with van der Waals surface area (Å²) in [5, 5.41) is 25.9. The minimum Gasteiger partial charge on any atom is -0.481 e. The number of thiophene rings is 1. The lowest BCUT2D eigenvalue weighted by Gasteiger charge is -2.29. The monoisotopic (exact) mass is 585 g/mol. The van der Waals surface area contributed by atoms with Gasteiger partial charge < -0.3 is 15.1 Å². The number of hydrogen-bond donors (Lipinski definition) is 2. The van der Waals surface area contributed by atoms with E-state index in [4.69, 9.17) is 0 Å². The molecule has 0 saturated heterocycles. The molecule has 7 nitrogen and oxygen atoms in total. The molecule has 1 aliphatic rings. The predicted molar refractivity (Wildman–Crippen MR) is 136 cm³/mol. The molecule has 2 heterocycles. The van der Waals surface area contributed by atoms with E-state index in [1.54, 1.807) is 19.2 Å². The van der Waals surface area contributed by atoms with E-state index in [0.29, 0.717) is 11.6 Å². The molecular weight excluding hydrogens is 557 g/mol. The zero-order valence-electron chi connectivity index (χ0n) is 21.7. The largest absolute Gasteiger partial charge is 0.481 e. The number of amides is 1. The maximum absolute atomic E-state index is 14.4. The lowest BCUT2D eigenvalue weighted by Crippen LogP contribution is -2.36. The molecule has 0 radical (unpaired) electrons. The first kappa shape index (κ1) is 29.7. The standard InChI is InChI=1S/C27H28F5N3O4S/c1-14-13-40-15(2)23(14)22(36)12-34(11-16-7-18(28)9-19(29)8-16)25(37)21-10-33-35(24(21)27(30,31)32)20-5-3-17(4-6-20)26(38)39/h7-10,13,17,20,22,36H,3-6,11-12H2,1-2H3,(H,38,39). The van der Waals surface area contributed by atoms with E-state index in [-0.39, 0.29) is 31.2 Å². The zero-order valence-corrected chi connectivity index (χ0v) is 22.5. The van der Waals surface area contributed by atoms with Gasteiger partial charge in [-0.2, -0.15) is 18.3 Å². The number of carboxylic acid groups (broad SMARTS) is 1. The van der Waals surface area contributed by atoms with Crippen LogP contribution >= 0.6 is 11.3 Å². The van der Waals surface area contributed by atoms with Gasteiger partial charge in [0.05, 0.1) is 36.4 Å². The van der Waals surface area contributed by atoms with E-state index in [0.717, 1.165) is 38.4 Å². The van der Waals surface area contributed by atoms with Gasteiger partial charge in [-0.15, -0.1) is 11.3 Å². The molecular formula is C27H28F5N3O4S. The van der Waals surface area contributed by atoms with Crippen molar-refractivity contribution in [1.82, 2.24) is 14.7 Å². The van der Waals surface area contributed by atoms with Gasteiger partial charge in [0, 0.05) is 17.5 Å². The van der Waals surface area contributed by atoms with E-state index in [9.17, 15) is 41.8 Å². The molecule has 3 aromatic rings. The van der Waals surface area contributed by atoms with Gasteiger partial charge in [0.15, 0.2) is 5.69 Å². The van der Waals surface area contributed by atoms with E-state index in [2.05, 4.69) is 5.10 Å². The molecule has 1 fully saturated rings. The van der Waals surface area contributed by atoms with Crippen molar-refractivity contribution in [2.45, 2.75) is 64.4 Å². The number of halogens is 5. The Labute approximate surface area is 230 Å². The Bertz CT molecular complexity index is 1360. The molecule has 40 heavy (non-hydrogen) atoms. The molecule has 4 rings (SSSR count). The average molecular weight is 586 g/mol. The van der Waals surface area contributed by atoms with Crippen molar-refractivity contribution in [3.63, 3.8) is 0 Å². The summed E-state index contributed by atoms with van der Waals surface area (Å²) in [5.41, 5.74) is -0.806. The first-order valence-electron chi connectivity index (χ1n) is 12.6. The van der Waals surface area contributed by atoms with Gasteiger partial charge in [-0.1, -0.05) is 0 Å². The number of carbonyl (C=O) groups excluding carboxylic acids is 1. The SMILES string of the molecule is Cc1csc(C)c1C(O)CN(Cc1cc(F)cc(F)c1)C(=O)c1cnn(C2CCC(C(=O)O)CC2)c1C(F)(F)F. The molecule has 1 aromatic carbocycles. The Kier molecular flexibility index (Phi) is 8.64. The van der Waals surface area contributed by atoms with Crippen LogP contribution in [0.1, 0.15) is 75.4 Å². The summed E-state index contributed by atoms with van der Waals surface area (Å²) in [7, 11) is 0. The van der Waals surface area contributed by atoms with Gasteiger partial charge in [-0.3, -0.25) is 14.3 Å². The highest BCUT2D eigenvalue weighted by Crippen LogP contribution is 2.39.